The lowest BCUT2D eigenvalue weighted by atomic mass is 10.0. The van der Waals surface area contributed by atoms with Crippen LogP contribution in [0.4, 0.5) is 0 Å². The summed E-state index contributed by atoms with van der Waals surface area (Å²) in [5, 5.41) is 0. The molecule has 0 saturated heterocycles. The van der Waals surface area contributed by atoms with Gasteiger partial charge in [-0.3, -0.25) is 14.6 Å². The van der Waals surface area contributed by atoms with Crippen LogP contribution in [0.15, 0.2) is 46.0 Å². The van der Waals surface area contributed by atoms with Crippen LogP contribution in [0.5, 0.6) is 0 Å². The molecule has 0 atom stereocenters. The zero-order valence-electron chi connectivity index (χ0n) is 16.9. The number of hydrogen-bond acceptors (Lipinski definition) is 5. The van der Waals surface area contributed by atoms with Crippen molar-refractivity contribution < 1.29 is 4.79 Å². The number of aromatic nitrogens is 4. The zero-order valence-corrected chi connectivity index (χ0v) is 16.9. The molecule has 2 aliphatic heterocycles. The Kier molecular flexibility index (Phi) is 5.27. The van der Waals surface area contributed by atoms with Crippen molar-refractivity contribution in [1.29, 1.82) is 0 Å². The van der Waals surface area contributed by atoms with Gasteiger partial charge in [-0.25, -0.2) is 9.78 Å². The van der Waals surface area contributed by atoms with Gasteiger partial charge in [0.15, 0.2) is 11.5 Å². The van der Waals surface area contributed by atoms with Crippen LogP contribution in [-0.2, 0) is 19.4 Å². The smallest absolute Gasteiger partial charge is 0.322 e. The van der Waals surface area contributed by atoms with Gasteiger partial charge in [0.1, 0.15) is 6.29 Å². The predicted octanol–water partition coefficient (Wildman–Crippen LogP) is 2.90. The number of carbonyl (C=O) groups is 1. The number of carbonyl (C=O) groups excluding carboxylic acids is 1. The molecule has 2 aromatic carbocycles. The second-order valence-corrected chi connectivity index (χ2v) is 7.39. The highest BCUT2D eigenvalue weighted by Gasteiger charge is 2.19. The summed E-state index contributed by atoms with van der Waals surface area (Å²) in [6.07, 6.45) is 3.20. The van der Waals surface area contributed by atoms with Crippen LogP contribution in [0.25, 0.3) is 22.6 Å². The molecule has 0 radical (unpaired) electrons. The Morgan fingerprint density at radius 2 is 1.97 bits per heavy atom. The van der Waals surface area contributed by atoms with E-state index in [1.807, 2.05) is 41.8 Å². The molecule has 7 heteroatoms. The van der Waals surface area contributed by atoms with Gasteiger partial charge >= 0.3 is 5.69 Å². The molecule has 30 heavy (non-hydrogen) atoms. The van der Waals surface area contributed by atoms with Gasteiger partial charge in [0.2, 0.25) is 0 Å². The number of aldehydes is 1. The average molecular weight is 402 g/mol. The minimum Gasteiger partial charge on any atom is -0.322 e. The molecule has 4 rings (SSSR count). The fourth-order valence-electron chi connectivity index (χ4n) is 3.86. The average Bonchev–Trinajstić information content (AvgIpc) is 2.74. The van der Waals surface area contributed by atoms with Gasteiger partial charge in [0, 0.05) is 12.1 Å². The van der Waals surface area contributed by atoms with Gasteiger partial charge < -0.3 is 4.57 Å². The van der Waals surface area contributed by atoms with Gasteiger partial charge in [-0.1, -0.05) is 25.1 Å². The molecule has 1 N–H and O–H groups in total. The van der Waals surface area contributed by atoms with Crippen molar-refractivity contribution in [1.82, 2.24) is 19.5 Å². The van der Waals surface area contributed by atoms with E-state index in [0.29, 0.717) is 23.4 Å². The first-order valence-corrected chi connectivity index (χ1v) is 9.98. The highest BCUT2D eigenvalue weighted by molar-refractivity contribution is 5.81. The Labute approximate surface area is 172 Å². The van der Waals surface area contributed by atoms with Crippen molar-refractivity contribution in [2.45, 2.75) is 39.7 Å². The number of hydrogen-bond donors (Lipinski definition) is 1. The van der Waals surface area contributed by atoms with E-state index in [1.54, 1.807) is 6.07 Å². The van der Waals surface area contributed by atoms with Gasteiger partial charge in [0.05, 0.1) is 11.0 Å². The molecule has 0 aliphatic carbocycles. The van der Waals surface area contributed by atoms with Gasteiger partial charge in [-0.05, 0) is 61.1 Å². The number of benzene rings is 2. The number of rotatable bonds is 6. The number of fused-ring (bicyclic) bond motifs is 2. The van der Waals surface area contributed by atoms with E-state index in [-0.39, 0.29) is 5.69 Å². The molecule has 0 bridgehead atoms. The highest BCUT2D eigenvalue weighted by atomic mass is 16.2. The highest BCUT2D eigenvalue weighted by Crippen LogP contribution is 2.25. The van der Waals surface area contributed by atoms with E-state index in [1.165, 1.54) is 0 Å². The molecule has 2 heterocycles. The summed E-state index contributed by atoms with van der Waals surface area (Å²) in [5.41, 5.74) is 4.50. The maximum absolute atomic E-state index is 12.4. The molecule has 0 fully saturated rings. The van der Waals surface area contributed by atoms with E-state index in [4.69, 9.17) is 0 Å². The van der Waals surface area contributed by atoms with Crippen molar-refractivity contribution in [3.63, 3.8) is 0 Å². The molecule has 2 aliphatic rings. The Balaban J connectivity index is 1.80. The van der Waals surface area contributed by atoms with Crippen LogP contribution in [0, 0.1) is 6.92 Å². The first kappa shape index (κ1) is 19.7. The SMILES string of the molecule is CCc1cc2nc3c(=O)[nH]c(=O)nc-3n(CCCc3cccc(C=O)c3)c2cc1C. The minimum absolute atomic E-state index is 0.163. The maximum atomic E-state index is 12.4. The monoisotopic (exact) mass is 402 g/mol. The van der Waals surface area contributed by atoms with Crippen molar-refractivity contribution in [3.05, 3.63) is 79.5 Å². The van der Waals surface area contributed by atoms with Crippen LogP contribution in [0.1, 0.15) is 40.4 Å². The number of nitrogens with zero attached hydrogens (tertiary/aromatic N) is 3. The number of H-pyrrole nitrogens is 1. The zero-order chi connectivity index (χ0) is 21.3. The fraction of sp³-hybridized carbons (Fsp3) is 0.261. The van der Waals surface area contributed by atoms with E-state index in [0.717, 1.165) is 47.8 Å². The molecule has 2 aromatic rings. The summed E-state index contributed by atoms with van der Waals surface area (Å²) in [6, 6.07) is 11.5. The number of aromatic amines is 1. The third-order valence-electron chi connectivity index (χ3n) is 5.38. The van der Waals surface area contributed by atoms with E-state index >= 15 is 0 Å². The Morgan fingerprint density at radius 1 is 1.13 bits per heavy atom. The molecule has 0 amide bonds. The van der Waals surface area contributed by atoms with Gasteiger partial charge in [-0.2, -0.15) is 4.98 Å². The van der Waals surface area contributed by atoms with Crippen LogP contribution >= 0.6 is 0 Å². The van der Waals surface area contributed by atoms with Gasteiger partial charge in [-0.15, -0.1) is 0 Å². The molecule has 0 spiro atoms. The van der Waals surface area contributed by atoms with Crippen molar-refractivity contribution >= 4 is 17.3 Å². The number of aryl methyl sites for hydroxylation is 4. The van der Waals surface area contributed by atoms with E-state index < -0.39 is 11.2 Å². The number of nitrogens with one attached hydrogen (secondary N) is 1. The third-order valence-corrected chi connectivity index (χ3v) is 5.38. The van der Waals surface area contributed by atoms with Crippen LogP contribution in [0.3, 0.4) is 0 Å². The van der Waals surface area contributed by atoms with Gasteiger partial charge in [0.25, 0.3) is 5.56 Å². The van der Waals surface area contributed by atoms with Crippen LogP contribution in [-0.4, -0.2) is 25.8 Å². The summed E-state index contributed by atoms with van der Waals surface area (Å²) >= 11 is 0. The lowest BCUT2D eigenvalue weighted by molar-refractivity contribution is 0.112. The molecular formula is C23H22N4O3. The van der Waals surface area contributed by atoms with E-state index in [9.17, 15) is 14.4 Å². The summed E-state index contributed by atoms with van der Waals surface area (Å²) in [7, 11) is 0. The van der Waals surface area contributed by atoms with Crippen LogP contribution in [0.2, 0.25) is 0 Å². The van der Waals surface area contributed by atoms with Crippen molar-refractivity contribution in [3.8, 4) is 11.5 Å². The predicted molar refractivity (Wildman–Crippen MR) is 115 cm³/mol. The molecule has 0 unspecified atom stereocenters. The second-order valence-electron chi connectivity index (χ2n) is 7.39. The maximum Gasteiger partial charge on any atom is 0.349 e. The normalized spacial score (nSPS) is 11.3. The quantitative estimate of drug-likeness (QED) is 0.395. The standard InChI is InChI=1S/C23H22N4O3/c1-3-17-12-18-19(10-14(17)2)27(21-20(24-18)22(29)26-23(30)25-21)9-5-8-15-6-4-7-16(11-15)13-28/h4,6-7,10-13H,3,5,8-9H2,1-2H3,(H,26,29,30). The van der Waals surface area contributed by atoms with Crippen LogP contribution < -0.4 is 11.2 Å². The molecule has 0 aromatic heterocycles. The Morgan fingerprint density at radius 3 is 2.73 bits per heavy atom. The summed E-state index contributed by atoms with van der Waals surface area (Å²) < 4.78 is 1.91. The second kappa shape index (κ2) is 8.02. The summed E-state index contributed by atoms with van der Waals surface area (Å²) in [5.74, 6) is 0.293. The largest absolute Gasteiger partial charge is 0.349 e. The topological polar surface area (TPSA) is 97.7 Å². The summed E-state index contributed by atoms with van der Waals surface area (Å²) in [6.45, 7) is 4.68. The molecular weight excluding hydrogens is 380 g/mol. The van der Waals surface area contributed by atoms with Crippen molar-refractivity contribution in [2.75, 3.05) is 0 Å². The third kappa shape index (κ3) is 3.66. The minimum atomic E-state index is -0.678. The summed E-state index contributed by atoms with van der Waals surface area (Å²) in [4.78, 5) is 46.1. The lowest BCUT2D eigenvalue weighted by Gasteiger charge is -2.18. The molecule has 152 valence electrons. The fourth-order valence-corrected chi connectivity index (χ4v) is 3.86. The van der Waals surface area contributed by atoms with E-state index in [2.05, 4.69) is 21.9 Å². The van der Waals surface area contributed by atoms with Crippen molar-refractivity contribution in [2.24, 2.45) is 0 Å². The molecule has 7 nitrogen and oxygen atoms in total. The first-order chi connectivity index (χ1) is 14.5. The lowest BCUT2D eigenvalue weighted by Crippen LogP contribution is -2.29. The Bertz CT molecular complexity index is 1340. The molecule has 0 saturated carbocycles. The Hall–Kier alpha value is -3.61. The first-order valence-electron chi connectivity index (χ1n) is 9.98.